The van der Waals surface area contributed by atoms with Crippen LogP contribution in [-0.4, -0.2) is 103 Å². The van der Waals surface area contributed by atoms with Crippen LogP contribution in [0.2, 0.25) is 5.02 Å². The van der Waals surface area contributed by atoms with E-state index in [-0.39, 0.29) is 18.6 Å². The van der Waals surface area contributed by atoms with Gasteiger partial charge in [0, 0.05) is 51.4 Å². The SMILES string of the molecule is O=CCN1CCN(c2cccc(CN3CCCC34CCN(C(=O)OC(C(F)(F)F)C(F)(F)F)CC4)c2Cl)CC1. The van der Waals surface area contributed by atoms with Crippen LogP contribution in [0.1, 0.15) is 31.2 Å². The lowest BCUT2D eigenvalue weighted by atomic mass is 9.85. The highest BCUT2D eigenvalue weighted by Crippen LogP contribution is 2.42. The highest BCUT2D eigenvalue weighted by atomic mass is 35.5. The van der Waals surface area contributed by atoms with Crippen LogP contribution in [0.15, 0.2) is 18.2 Å². The van der Waals surface area contributed by atoms with Gasteiger partial charge in [-0.25, -0.2) is 4.79 Å². The first-order chi connectivity index (χ1) is 18.3. The fourth-order valence-electron chi connectivity index (χ4n) is 5.82. The minimum atomic E-state index is -5.75. The molecule has 0 N–H and O–H groups in total. The van der Waals surface area contributed by atoms with Gasteiger partial charge in [0.25, 0.3) is 6.10 Å². The molecule has 1 amide bonds. The van der Waals surface area contributed by atoms with E-state index in [2.05, 4.69) is 19.4 Å². The second-order valence-corrected chi connectivity index (χ2v) is 10.7. The van der Waals surface area contributed by atoms with Crippen LogP contribution in [0.5, 0.6) is 0 Å². The van der Waals surface area contributed by atoms with Crippen LogP contribution in [0.25, 0.3) is 0 Å². The molecule has 0 atom stereocenters. The van der Waals surface area contributed by atoms with Gasteiger partial charge in [-0.1, -0.05) is 23.7 Å². The van der Waals surface area contributed by atoms with Crippen molar-refractivity contribution in [1.82, 2.24) is 14.7 Å². The van der Waals surface area contributed by atoms with Gasteiger partial charge in [-0.3, -0.25) is 9.80 Å². The topological polar surface area (TPSA) is 56.3 Å². The Bertz CT molecular complexity index is 1010. The molecule has 0 bridgehead atoms. The van der Waals surface area contributed by atoms with Crippen LogP contribution < -0.4 is 4.90 Å². The van der Waals surface area contributed by atoms with E-state index in [1.54, 1.807) is 0 Å². The fourth-order valence-corrected chi connectivity index (χ4v) is 6.13. The van der Waals surface area contributed by atoms with Crippen LogP contribution in [0.3, 0.4) is 0 Å². The summed E-state index contributed by atoms with van der Waals surface area (Å²) < 4.78 is 80.8. The smallest absolute Gasteiger partial charge is 0.426 e. The van der Waals surface area contributed by atoms with Crippen molar-refractivity contribution in [3.05, 3.63) is 28.8 Å². The van der Waals surface area contributed by atoms with Gasteiger partial charge in [0.1, 0.15) is 6.29 Å². The third kappa shape index (κ3) is 6.74. The molecule has 0 aromatic heterocycles. The highest BCUT2D eigenvalue weighted by Gasteiger charge is 2.60. The van der Waals surface area contributed by atoms with E-state index in [9.17, 15) is 35.9 Å². The quantitative estimate of drug-likeness (QED) is 0.356. The lowest BCUT2D eigenvalue weighted by Gasteiger charge is -2.45. The molecule has 0 saturated carbocycles. The largest absolute Gasteiger partial charge is 0.434 e. The van der Waals surface area contributed by atoms with Gasteiger partial charge < -0.3 is 19.3 Å². The summed E-state index contributed by atoms with van der Waals surface area (Å²) in [5.41, 5.74) is 1.50. The molecule has 7 nitrogen and oxygen atoms in total. The zero-order valence-corrected chi connectivity index (χ0v) is 22.0. The number of benzene rings is 1. The number of ether oxygens (including phenoxy) is 1. The summed E-state index contributed by atoms with van der Waals surface area (Å²) in [7, 11) is 0. The molecule has 0 aliphatic carbocycles. The number of carbonyl (C=O) groups excluding carboxylic acids is 2. The number of likely N-dealkylation sites (tertiary alicyclic amines) is 2. The number of piperazine rings is 1. The van der Waals surface area contributed by atoms with Gasteiger partial charge in [0.2, 0.25) is 0 Å². The average molecular weight is 585 g/mol. The van der Waals surface area contributed by atoms with E-state index in [4.69, 9.17) is 11.6 Å². The van der Waals surface area contributed by atoms with Crippen molar-refractivity contribution in [3.63, 3.8) is 0 Å². The lowest BCUT2D eigenvalue weighted by molar-refractivity contribution is -0.308. The van der Waals surface area contributed by atoms with E-state index >= 15 is 0 Å². The number of nitrogens with zero attached hydrogens (tertiary/aromatic N) is 4. The van der Waals surface area contributed by atoms with Crippen molar-refractivity contribution < 1.29 is 40.7 Å². The first kappa shape index (κ1) is 29.7. The molecular formula is C25H31ClF6N4O3. The van der Waals surface area contributed by atoms with Crippen LogP contribution >= 0.6 is 11.6 Å². The van der Waals surface area contributed by atoms with Gasteiger partial charge in [0.15, 0.2) is 0 Å². The van der Waals surface area contributed by atoms with Crippen molar-refractivity contribution >= 4 is 29.7 Å². The molecule has 0 radical (unpaired) electrons. The number of anilines is 1. The zero-order chi connectivity index (χ0) is 28.4. The first-order valence-electron chi connectivity index (χ1n) is 12.9. The number of alkyl halides is 6. The van der Waals surface area contributed by atoms with Gasteiger partial charge in [0.05, 0.1) is 17.3 Å². The third-order valence-corrected chi connectivity index (χ3v) is 8.41. The molecular weight excluding hydrogens is 554 g/mol. The molecule has 1 spiro atoms. The van der Waals surface area contributed by atoms with Crippen LogP contribution in [0, 0.1) is 0 Å². The Kier molecular flexibility index (Phi) is 8.92. The van der Waals surface area contributed by atoms with E-state index in [0.29, 0.717) is 31.0 Å². The molecule has 218 valence electrons. The van der Waals surface area contributed by atoms with E-state index in [1.165, 1.54) is 0 Å². The first-order valence-corrected chi connectivity index (χ1v) is 13.2. The lowest BCUT2D eigenvalue weighted by Crippen LogP contribution is -2.54. The Labute approximate surface area is 227 Å². The number of hydrogen-bond acceptors (Lipinski definition) is 6. The number of halogens is 7. The maximum Gasteiger partial charge on any atom is 0.434 e. The highest BCUT2D eigenvalue weighted by molar-refractivity contribution is 6.34. The average Bonchev–Trinajstić information content (AvgIpc) is 3.24. The minimum absolute atomic E-state index is 0.00337. The van der Waals surface area contributed by atoms with Crippen molar-refractivity contribution in [3.8, 4) is 0 Å². The maximum absolute atomic E-state index is 12.8. The van der Waals surface area contributed by atoms with Crippen LogP contribution in [-0.2, 0) is 16.1 Å². The Hall–Kier alpha value is -2.25. The Balaban J connectivity index is 1.38. The summed E-state index contributed by atoms with van der Waals surface area (Å²) in [6.45, 7) is 4.67. The molecule has 1 aromatic rings. The molecule has 1 aromatic carbocycles. The number of rotatable bonds is 6. The normalized spacial score (nSPS) is 21.1. The maximum atomic E-state index is 12.8. The number of hydrogen-bond donors (Lipinski definition) is 0. The monoisotopic (exact) mass is 584 g/mol. The van der Waals surface area contributed by atoms with Crippen molar-refractivity contribution in [1.29, 1.82) is 0 Å². The Morgan fingerprint density at radius 3 is 2.21 bits per heavy atom. The summed E-state index contributed by atoms with van der Waals surface area (Å²) in [6, 6.07) is 5.84. The summed E-state index contributed by atoms with van der Waals surface area (Å²) in [5.74, 6) is 0. The minimum Gasteiger partial charge on any atom is -0.426 e. The number of aldehydes is 1. The van der Waals surface area contributed by atoms with Crippen molar-refractivity contribution in [2.45, 2.75) is 56.2 Å². The fraction of sp³-hybridized carbons (Fsp3) is 0.680. The predicted octanol–water partition coefficient (Wildman–Crippen LogP) is 4.72. The number of carbonyl (C=O) groups is 2. The van der Waals surface area contributed by atoms with Crippen molar-refractivity contribution in [2.24, 2.45) is 0 Å². The summed E-state index contributed by atoms with van der Waals surface area (Å²) in [5, 5.41) is 0.634. The van der Waals surface area contributed by atoms with E-state index in [0.717, 1.165) is 68.0 Å². The molecule has 3 heterocycles. The van der Waals surface area contributed by atoms with Gasteiger partial charge >= 0.3 is 18.4 Å². The molecule has 0 unspecified atom stereocenters. The number of amides is 1. The Morgan fingerprint density at radius 1 is 0.974 bits per heavy atom. The second kappa shape index (κ2) is 11.7. The molecule has 14 heteroatoms. The van der Waals surface area contributed by atoms with E-state index < -0.39 is 24.5 Å². The molecule has 4 rings (SSSR count). The summed E-state index contributed by atoms with van der Waals surface area (Å²) >= 11 is 6.84. The molecule has 3 fully saturated rings. The standard InChI is InChI=1S/C25H31ClF6N4O3/c26-20-18(3-1-4-19(20)34-13-11-33(12-14-34)15-16-37)17-36-8-2-5-23(36)6-9-35(10-7-23)22(38)39-21(24(27,28)29)25(30,31)32/h1,3-4,16,21H,2,5-15,17H2. The van der Waals surface area contributed by atoms with E-state index in [1.807, 2.05) is 18.2 Å². The van der Waals surface area contributed by atoms with Gasteiger partial charge in [-0.2, -0.15) is 26.3 Å². The molecule has 3 aliphatic rings. The summed E-state index contributed by atoms with van der Waals surface area (Å²) in [6.07, 6.45) is -13.9. The summed E-state index contributed by atoms with van der Waals surface area (Å²) in [4.78, 5) is 30.4. The third-order valence-electron chi connectivity index (χ3n) is 7.97. The molecule has 3 saturated heterocycles. The predicted molar refractivity (Wildman–Crippen MR) is 132 cm³/mol. The van der Waals surface area contributed by atoms with Crippen molar-refractivity contribution in [2.75, 3.05) is 57.3 Å². The Morgan fingerprint density at radius 2 is 1.62 bits per heavy atom. The molecule has 3 aliphatic heterocycles. The molecule has 39 heavy (non-hydrogen) atoms. The number of piperidine rings is 1. The van der Waals surface area contributed by atoms with Gasteiger partial charge in [-0.15, -0.1) is 0 Å². The zero-order valence-electron chi connectivity index (χ0n) is 21.2. The van der Waals surface area contributed by atoms with Gasteiger partial charge in [-0.05, 0) is 43.9 Å². The van der Waals surface area contributed by atoms with Crippen LogP contribution in [0.4, 0.5) is 36.8 Å². The second-order valence-electron chi connectivity index (χ2n) is 10.3.